The molecule has 2 heterocycles. The number of benzene rings is 1. The standard InChI is InChI=1S/C17H22N4O.ClH/c1-13-11-15(7-9-18-13)17(22)19-12-14-3-5-16(6-4-14)21-10-2-8-20-21;/h2-6,8,10,13,15,18H,7,9,11-12H2,1H3,(H,19,22);1H/t13-,15-;/m0./s1. The number of hydrogen-bond acceptors (Lipinski definition) is 3. The van der Waals surface area contributed by atoms with Crippen molar-refractivity contribution in [3.05, 3.63) is 48.3 Å². The van der Waals surface area contributed by atoms with Gasteiger partial charge in [-0.1, -0.05) is 12.1 Å². The number of carbonyl (C=O) groups excluding carboxylic acids is 1. The van der Waals surface area contributed by atoms with Crippen molar-refractivity contribution < 1.29 is 4.79 Å². The molecule has 0 radical (unpaired) electrons. The van der Waals surface area contributed by atoms with Crippen LogP contribution in [0.2, 0.25) is 0 Å². The maximum Gasteiger partial charge on any atom is 0.223 e. The molecule has 0 aliphatic carbocycles. The van der Waals surface area contributed by atoms with Gasteiger partial charge >= 0.3 is 0 Å². The third kappa shape index (κ3) is 4.56. The van der Waals surface area contributed by atoms with Gasteiger partial charge in [0.25, 0.3) is 0 Å². The number of piperidine rings is 1. The van der Waals surface area contributed by atoms with Crippen molar-refractivity contribution in [1.82, 2.24) is 20.4 Å². The third-order valence-electron chi connectivity index (χ3n) is 4.17. The van der Waals surface area contributed by atoms with E-state index >= 15 is 0 Å². The van der Waals surface area contributed by atoms with Crippen LogP contribution in [0.15, 0.2) is 42.7 Å². The Morgan fingerprint density at radius 2 is 2.17 bits per heavy atom. The molecule has 0 saturated carbocycles. The molecule has 23 heavy (non-hydrogen) atoms. The van der Waals surface area contributed by atoms with E-state index in [9.17, 15) is 4.79 Å². The Balaban J connectivity index is 0.00000192. The molecule has 0 spiro atoms. The number of nitrogens with zero attached hydrogens (tertiary/aromatic N) is 2. The van der Waals surface area contributed by atoms with E-state index in [1.807, 2.05) is 41.2 Å². The Morgan fingerprint density at radius 1 is 1.39 bits per heavy atom. The van der Waals surface area contributed by atoms with Crippen molar-refractivity contribution in [1.29, 1.82) is 0 Å². The average Bonchev–Trinajstić information content (AvgIpc) is 3.07. The second kappa shape index (κ2) is 8.13. The molecule has 1 aromatic heterocycles. The summed E-state index contributed by atoms with van der Waals surface area (Å²) in [5.74, 6) is 0.309. The highest BCUT2D eigenvalue weighted by molar-refractivity contribution is 5.85. The summed E-state index contributed by atoms with van der Waals surface area (Å²) >= 11 is 0. The van der Waals surface area contributed by atoms with E-state index in [1.165, 1.54) is 0 Å². The van der Waals surface area contributed by atoms with Gasteiger partial charge in [-0.05, 0) is 50.1 Å². The van der Waals surface area contributed by atoms with Gasteiger partial charge in [0.15, 0.2) is 0 Å². The second-order valence-corrected chi connectivity index (χ2v) is 5.91. The molecule has 2 atom stereocenters. The van der Waals surface area contributed by atoms with Crippen LogP contribution in [0.1, 0.15) is 25.3 Å². The number of aromatic nitrogens is 2. The normalized spacial score (nSPS) is 20.6. The quantitative estimate of drug-likeness (QED) is 0.902. The van der Waals surface area contributed by atoms with Gasteiger partial charge in [0.2, 0.25) is 5.91 Å². The first kappa shape index (κ1) is 17.5. The fourth-order valence-electron chi connectivity index (χ4n) is 2.89. The summed E-state index contributed by atoms with van der Waals surface area (Å²) in [7, 11) is 0. The van der Waals surface area contributed by atoms with E-state index < -0.39 is 0 Å². The summed E-state index contributed by atoms with van der Waals surface area (Å²) < 4.78 is 1.82. The summed E-state index contributed by atoms with van der Waals surface area (Å²) in [5, 5.41) is 10.6. The Morgan fingerprint density at radius 3 is 2.83 bits per heavy atom. The van der Waals surface area contributed by atoms with Crippen molar-refractivity contribution in [3.63, 3.8) is 0 Å². The van der Waals surface area contributed by atoms with Gasteiger partial charge < -0.3 is 10.6 Å². The number of hydrogen-bond donors (Lipinski definition) is 2. The van der Waals surface area contributed by atoms with Crippen molar-refractivity contribution in [2.75, 3.05) is 6.54 Å². The zero-order valence-electron chi connectivity index (χ0n) is 13.2. The Hall–Kier alpha value is -1.85. The molecule has 124 valence electrons. The number of halogens is 1. The van der Waals surface area contributed by atoms with Gasteiger partial charge in [-0.15, -0.1) is 12.4 Å². The molecule has 1 amide bonds. The van der Waals surface area contributed by atoms with Crippen LogP contribution >= 0.6 is 12.4 Å². The minimum Gasteiger partial charge on any atom is -0.352 e. The van der Waals surface area contributed by atoms with E-state index in [4.69, 9.17) is 0 Å². The third-order valence-corrected chi connectivity index (χ3v) is 4.17. The van der Waals surface area contributed by atoms with Gasteiger partial charge in [-0.2, -0.15) is 5.10 Å². The summed E-state index contributed by atoms with van der Waals surface area (Å²) in [6.45, 7) is 3.64. The van der Waals surface area contributed by atoms with Crippen LogP contribution in [-0.4, -0.2) is 28.3 Å². The van der Waals surface area contributed by atoms with Gasteiger partial charge in [0, 0.05) is 30.9 Å². The predicted octanol–water partition coefficient (Wildman–Crippen LogP) is 2.30. The average molecular weight is 335 g/mol. The summed E-state index contributed by atoms with van der Waals surface area (Å²) in [5.41, 5.74) is 2.12. The first-order chi connectivity index (χ1) is 10.7. The van der Waals surface area contributed by atoms with Gasteiger partial charge in [-0.3, -0.25) is 4.79 Å². The minimum atomic E-state index is 0. The molecular weight excluding hydrogens is 312 g/mol. The van der Waals surface area contributed by atoms with Crippen LogP contribution in [-0.2, 0) is 11.3 Å². The van der Waals surface area contributed by atoms with Gasteiger partial charge in [-0.25, -0.2) is 4.68 Å². The van der Waals surface area contributed by atoms with Crippen LogP contribution in [0.4, 0.5) is 0 Å². The minimum absolute atomic E-state index is 0. The maximum absolute atomic E-state index is 12.2. The first-order valence-corrected chi connectivity index (χ1v) is 7.82. The second-order valence-electron chi connectivity index (χ2n) is 5.91. The number of carbonyl (C=O) groups is 1. The van der Waals surface area contributed by atoms with Gasteiger partial charge in [0.1, 0.15) is 0 Å². The van der Waals surface area contributed by atoms with Crippen molar-refractivity contribution in [2.45, 2.75) is 32.4 Å². The van der Waals surface area contributed by atoms with Crippen molar-refractivity contribution in [2.24, 2.45) is 5.92 Å². The lowest BCUT2D eigenvalue weighted by Crippen LogP contribution is -2.42. The molecule has 1 aliphatic heterocycles. The van der Waals surface area contributed by atoms with E-state index in [2.05, 4.69) is 22.7 Å². The molecular formula is C17H23ClN4O. The van der Waals surface area contributed by atoms with E-state index in [1.54, 1.807) is 6.20 Å². The molecule has 1 aliphatic rings. The Kier molecular flexibility index (Phi) is 6.19. The van der Waals surface area contributed by atoms with Crippen LogP contribution in [0, 0.1) is 5.92 Å². The Bertz CT molecular complexity index is 612. The van der Waals surface area contributed by atoms with Crippen LogP contribution in [0.25, 0.3) is 5.69 Å². The zero-order chi connectivity index (χ0) is 15.4. The Labute approximate surface area is 142 Å². The van der Waals surface area contributed by atoms with Crippen LogP contribution in [0.3, 0.4) is 0 Å². The lowest BCUT2D eigenvalue weighted by Gasteiger charge is -2.27. The molecule has 2 aromatic rings. The SMILES string of the molecule is C[C@H]1C[C@@H](C(=O)NCc2ccc(-n3cccn3)cc2)CCN1.Cl. The summed E-state index contributed by atoms with van der Waals surface area (Å²) in [6.07, 6.45) is 5.52. The van der Waals surface area contributed by atoms with Crippen LogP contribution < -0.4 is 10.6 Å². The van der Waals surface area contributed by atoms with Crippen LogP contribution in [0.5, 0.6) is 0 Å². The highest BCUT2D eigenvalue weighted by Gasteiger charge is 2.24. The molecule has 1 saturated heterocycles. The van der Waals surface area contributed by atoms with E-state index in [0.717, 1.165) is 30.6 Å². The molecule has 1 aromatic carbocycles. The highest BCUT2D eigenvalue weighted by atomic mass is 35.5. The molecule has 0 bridgehead atoms. The fraction of sp³-hybridized carbons (Fsp3) is 0.412. The maximum atomic E-state index is 12.2. The topological polar surface area (TPSA) is 59.0 Å². The lowest BCUT2D eigenvalue weighted by molar-refractivity contribution is -0.126. The molecule has 5 nitrogen and oxygen atoms in total. The van der Waals surface area contributed by atoms with Crippen molar-refractivity contribution in [3.8, 4) is 5.69 Å². The summed E-state index contributed by atoms with van der Waals surface area (Å²) in [6, 6.07) is 10.4. The molecule has 6 heteroatoms. The number of nitrogens with one attached hydrogen (secondary N) is 2. The zero-order valence-corrected chi connectivity index (χ0v) is 14.1. The number of amides is 1. The smallest absolute Gasteiger partial charge is 0.223 e. The molecule has 3 rings (SSSR count). The van der Waals surface area contributed by atoms with E-state index in [-0.39, 0.29) is 24.2 Å². The lowest BCUT2D eigenvalue weighted by atomic mass is 9.92. The highest BCUT2D eigenvalue weighted by Crippen LogP contribution is 2.16. The largest absolute Gasteiger partial charge is 0.352 e. The number of rotatable bonds is 4. The monoisotopic (exact) mass is 334 g/mol. The molecule has 1 fully saturated rings. The molecule has 2 N–H and O–H groups in total. The van der Waals surface area contributed by atoms with Gasteiger partial charge in [0.05, 0.1) is 5.69 Å². The fourth-order valence-corrected chi connectivity index (χ4v) is 2.89. The van der Waals surface area contributed by atoms with Crippen molar-refractivity contribution >= 4 is 18.3 Å². The predicted molar refractivity (Wildman–Crippen MR) is 92.8 cm³/mol. The first-order valence-electron chi connectivity index (χ1n) is 7.82. The summed E-state index contributed by atoms with van der Waals surface area (Å²) in [4.78, 5) is 12.2. The van der Waals surface area contributed by atoms with E-state index in [0.29, 0.717) is 12.6 Å². The molecule has 0 unspecified atom stereocenters.